The summed E-state index contributed by atoms with van der Waals surface area (Å²) in [5.74, 6) is 6.11. The molecule has 0 heterocycles. The molecule has 0 spiro atoms. The fourth-order valence-electron chi connectivity index (χ4n) is 1.06. The van der Waals surface area contributed by atoms with Gasteiger partial charge in [0.05, 0.1) is 0 Å². The van der Waals surface area contributed by atoms with Crippen molar-refractivity contribution in [3.05, 3.63) is 24.3 Å². The van der Waals surface area contributed by atoms with Crippen molar-refractivity contribution >= 4 is 0 Å². The van der Waals surface area contributed by atoms with E-state index >= 15 is 0 Å². The van der Waals surface area contributed by atoms with Crippen LogP contribution in [-0.2, 0) is 0 Å². The van der Waals surface area contributed by atoms with Crippen LogP contribution in [0.4, 0.5) is 0 Å². The molecule has 58 valence electrons. The lowest BCUT2D eigenvalue weighted by atomic mass is 10.1. The first kappa shape index (κ1) is 8.14. The van der Waals surface area contributed by atoms with Crippen LogP contribution < -0.4 is 0 Å². The highest BCUT2D eigenvalue weighted by Gasteiger charge is 1.85. The van der Waals surface area contributed by atoms with Gasteiger partial charge in [0.25, 0.3) is 0 Å². The summed E-state index contributed by atoms with van der Waals surface area (Å²) in [4.78, 5) is 0. The van der Waals surface area contributed by atoms with Crippen molar-refractivity contribution in [3.8, 4) is 11.8 Å². The van der Waals surface area contributed by atoms with Crippen molar-refractivity contribution in [2.45, 2.75) is 32.1 Å². The van der Waals surface area contributed by atoms with E-state index in [0.29, 0.717) is 0 Å². The van der Waals surface area contributed by atoms with E-state index < -0.39 is 0 Å². The van der Waals surface area contributed by atoms with E-state index in [-0.39, 0.29) is 0 Å². The van der Waals surface area contributed by atoms with Gasteiger partial charge in [0, 0.05) is 6.42 Å². The Morgan fingerprint density at radius 1 is 1.00 bits per heavy atom. The number of hydrogen-bond donors (Lipinski definition) is 0. The lowest BCUT2D eigenvalue weighted by Crippen LogP contribution is -1.74. The minimum absolute atomic E-state index is 1.06. The largest absolute Gasteiger partial charge is 0.0985 e. The number of allylic oxidation sites excluding steroid dienone is 4. The van der Waals surface area contributed by atoms with Crippen molar-refractivity contribution in [1.82, 2.24) is 0 Å². The monoisotopic (exact) mass is 146 g/mol. The Morgan fingerprint density at radius 3 is 3.00 bits per heavy atom. The Kier molecular flexibility index (Phi) is 4.29. The molecular weight excluding hydrogens is 132 g/mol. The van der Waals surface area contributed by atoms with E-state index in [1.807, 2.05) is 12.2 Å². The van der Waals surface area contributed by atoms with E-state index in [1.54, 1.807) is 0 Å². The predicted octanol–water partition coefficient (Wildman–Crippen LogP) is 3.07. The van der Waals surface area contributed by atoms with Crippen molar-refractivity contribution in [2.75, 3.05) is 0 Å². The van der Waals surface area contributed by atoms with Crippen LogP contribution in [0.15, 0.2) is 24.3 Å². The fraction of sp³-hybridized carbons (Fsp3) is 0.455. The van der Waals surface area contributed by atoms with Crippen molar-refractivity contribution in [2.24, 2.45) is 0 Å². The minimum Gasteiger partial charge on any atom is -0.0985 e. The van der Waals surface area contributed by atoms with Gasteiger partial charge in [0.15, 0.2) is 0 Å². The SMILES string of the molecule is C1#CCCCCC/C=C/C=C/1. The molecule has 0 aromatic heterocycles. The van der Waals surface area contributed by atoms with E-state index in [2.05, 4.69) is 24.0 Å². The smallest absolute Gasteiger partial charge is 0.00922 e. The highest BCUT2D eigenvalue weighted by atomic mass is 13.9. The fourth-order valence-corrected chi connectivity index (χ4v) is 1.06. The zero-order valence-corrected chi connectivity index (χ0v) is 6.84. The lowest BCUT2D eigenvalue weighted by molar-refractivity contribution is 0.702. The van der Waals surface area contributed by atoms with E-state index in [1.165, 1.54) is 25.7 Å². The molecule has 0 nitrogen and oxygen atoms in total. The zero-order chi connectivity index (χ0) is 7.78. The molecular formula is C11H14. The van der Waals surface area contributed by atoms with Gasteiger partial charge >= 0.3 is 0 Å². The molecule has 1 aliphatic rings. The molecule has 0 saturated heterocycles. The van der Waals surface area contributed by atoms with E-state index in [9.17, 15) is 0 Å². The van der Waals surface area contributed by atoms with Gasteiger partial charge in [-0.2, -0.15) is 0 Å². The maximum absolute atomic E-state index is 3.11. The molecule has 0 radical (unpaired) electrons. The summed E-state index contributed by atoms with van der Waals surface area (Å²) < 4.78 is 0. The molecule has 0 fully saturated rings. The molecule has 0 unspecified atom stereocenters. The van der Waals surface area contributed by atoms with Crippen molar-refractivity contribution in [1.29, 1.82) is 0 Å². The summed E-state index contributed by atoms with van der Waals surface area (Å²) in [6.45, 7) is 0. The second-order valence-corrected chi connectivity index (χ2v) is 2.71. The third-order valence-corrected chi connectivity index (χ3v) is 1.70. The maximum Gasteiger partial charge on any atom is 0.00922 e. The molecule has 0 aliphatic heterocycles. The van der Waals surface area contributed by atoms with Gasteiger partial charge < -0.3 is 0 Å². The summed E-state index contributed by atoms with van der Waals surface area (Å²) in [6, 6.07) is 0. The van der Waals surface area contributed by atoms with Crippen molar-refractivity contribution < 1.29 is 0 Å². The molecule has 0 saturated carbocycles. The topological polar surface area (TPSA) is 0 Å². The average molecular weight is 146 g/mol. The average Bonchev–Trinajstić information content (AvgIpc) is 2.08. The standard InChI is InChI=1S/C11H14/c1-2-4-6-8-10-11-9-7-5-3-1/h1-4H,5,7,9-11H2/b3-1+,4-2+. The first-order valence-electron chi connectivity index (χ1n) is 4.30. The quantitative estimate of drug-likeness (QED) is 0.461. The van der Waals surface area contributed by atoms with Gasteiger partial charge in [-0.1, -0.05) is 36.5 Å². The summed E-state index contributed by atoms with van der Waals surface area (Å²) in [5, 5.41) is 0. The number of rotatable bonds is 0. The number of hydrogen-bond acceptors (Lipinski definition) is 0. The van der Waals surface area contributed by atoms with Gasteiger partial charge in [0.2, 0.25) is 0 Å². The Labute approximate surface area is 69.0 Å². The summed E-state index contributed by atoms with van der Waals surface area (Å²) in [5.41, 5.74) is 0. The molecule has 0 amide bonds. The molecule has 0 bridgehead atoms. The molecule has 11 heavy (non-hydrogen) atoms. The van der Waals surface area contributed by atoms with Crippen molar-refractivity contribution in [3.63, 3.8) is 0 Å². The van der Waals surface area contributed by atoms with Crippen LogP contribution in [0, 0.1) is 11.8 Å². The van der Waals surface area contributed by atoms with Crippen LogP contribution >= 0.6 is 0 Å². The Hall–Kier alpha value is -0.960. The maximum atomic E-state index is 3.11. The highest BCUT2D eigenvalue weighted by molar-refractivity contribution is 5.19. The summed E-state index contributed by atoms with van der Waals surface area (Å²) in [7, 11) is 0. The highest BCUT2D eigenvalue weighted by Crippen LogP contribution is 2.03. The van der Waals surface area contributed by atoms with Gasteiger partial charge in [-0.05, 0) is 25.3 Å². The molecule has 0 aromatic carbocycles. The van der Waals surface area contributed by atoms with E-state index in [0.717, 1.165) is 6.42 Å². The molecule has 0 N–H and O–H groups in total. The minimum atomic E-state index is 1.06. The third kappa shape index (κ3) is 4.44. The van der Waals surface area contributed by atoms with E-state index in [4.69, 9.17) is 0 Å². The Bertz CT molecular complexity index is 198. The Balaban J connectivity index is 2.41. The second-order valence-electron chi connectivity index (χ2n) is 2.71. The normalized spacial score (nSPS) is 24.0. The van der Waals surface area contributed by atoms with Gasteiger partial charge in [-0.15, -0.1) is 0 Å². The first-order chi connectivity index (χ1) is 5.50. The summed E-state index contributed by atoms with van der Waals surface area (Å²) in [6.07, 6.45) is 14.4. The molecule has 1 aliphatic carbocycles. The first-order valence-corrected chi connectivity index (χ1v) is 4.30. The van der Waals surface area contributed by atoms with Crippen LogP contribution in [0.2, 0.25) is 0 Å². The zero-order valence-electron chi connectivity index (χ0n) is 6.84. The third-order valence-electron chi connectivity index (χ3n) is 1.70. The van der Waals surface area contributed by atoms with Gasteiger partial charge in [-0.3, -0.25) is 0 Å². The van der Waals surface area contributed by atoms with Crippen LogP contribution in [0.5, 0.6) is 0 Å². The lowest BCUT2D eigenvalue weighted by Gasteiger charge is -1.92. The van der Waals surface area contributed by atoms with Gasteiger partial charge in [0.1, 0.15) is 0 Å². The predicted molar refractivity (Wildman–Crippen MR) is 49.1 cm³/mol. The molecule has 0 aromatic rings. The van der Waals surface area contributed by atoms with Crippen LogP contribution in [0.1, 0.15) is 32.1 Å². The molecule has 1 rings (SSSR count). The van der Waals surface area contributed by atoms with Crippen LogP contribution in [0.3, 0.4) is 0 Å². The molecule has 0 heteroatoms. The summed E-state index contributed by atoms with van der Waals surface area (Å²) >= 11 is 0. The Morgan fingerprint density at radius 2 is 2.00 bits per heavy atom. The second kappa shape index (κ2) is 5.80. The van der Waals surface area contributed by atoms with Crippen LogP contribution in [-0.4, -0.2) is 0 Å². The van der Waals surface area contributed by atoms with Crippen LogP contribution in [0.25, 0.3) is 0 Å². The van der Waals surface area contributed by atoms with Gasteiger partial charge in [-0.25, -0.2) is 0 Å². The molecule has 0 atom stereocenters.